The Bertz CT molecular complexity index is 416. The molecule has 5 nitrogen and oxygen atoms in total. The van der Waals surface area contributed by atoms with Gasteiger partial charge >= 0.3 is 0 Å². The van der Waals surface area contributed by atoms with Crippen molar-refractivity contribution in [3.05, 3.63) is 0 Å². The van der Waals surface area contributed by atoms with E-state index in [9.17, 15) is 13.2 Å². The zero-order valence-electron chi connectivity index (χ0n) is 11.6. The Kier molecular flexibility index (Phi) is 4.84. The van der Waals surface area contributed by atoms with Crippen LogP contribution in [0.1, 0.15) is 51.9 Å². The molecule has 1 aliphatic heterocycles. The number of sulfonamides is 1. The van der Waals surface area contributed by atoms with Crippen molar-refractivity contribution in [2.45, 2.75) is 64.0 Å². The molecular weight excluding hydrogens is 264 g/mol. The van der Waals surface area contributed by atoms with Gasteiger partial charge in [0.25, 0.3) is 0 Å². The number of carbonyl (C=O) groups is 1. The van der Waals surface area contributed by atoms with Crippen LogP contribution in [0.5, 0.6) is 0 Å². The second-order valence-electron chi connectivity index (χ2n) is 5.57. The summed E-state index contributed by atoms with van der Waals surface area (Å²) in [6, 6.07) is -0.221. The molecule has 2 rings (SSSR count). The molecule has 6 heteroatoms. The average molecular weight is 288 g/mol. The standard InChI is InChI=1S/C13H24N2O3S/c1-2-10-19(17,18)15-9-5-8-12(15)13(16)14-11-6-3-4-7-11/h11-12H,2-10H2,1H3,(H,14,16)/t12-/m0/s1. The number of rotatable bonds is 5. The minimum Gasteiger partial charge on any atom is -0.352 e. The molecule has 0 spiro atoms. The van der Waals surface area contributed by atoms with Crippen molar-refractivity contribution in [3.63, 3.8) is 0 Å². The molecule has 0 unspecified atom stereocenters. The van der Waals surface area contributed by atoms with Gasteiger partial charge in [0.2, 0.25) is 15.9 Å². The van der Waals surface area contributed by atoms with Gasteiger partial charge in [-0.3, -0.25) is 4.79 Å². The Hall–Kier alpha value is -0.620. The summed E-state index contributed by atoms with van der Waals surface area (Å²) in [5.41, 5.74) is 0. The molecular formula is C13H24N2O3S. The van der Waals surface area contributed by atoms with Gasteiger partial charge in [0.15, 0.2) is 0 Å². The lowest BCUT2D eigenvalue weighted by Crippen LogP contribution is -2.48. The predicted octanol–water partition coefficient (Wildman–Crippen LogP) is 1.25. The third-order valence-corrected chi connectivity index (χ3v) is 6.10. The van der Waals surface area contributed by atoms with E-state index >= 15 is 0 Å². The summed E-state index contributed by atoms with van der Waals surface area (Å²) in [7, 11) is -3.27. The predicted molar refractivity (Wildman–Crippen MR) is 74.2 cm³/mol. The molecule has 110 valence electrons. The molecule has 2 fully saturated rings. The van der Waals surface area contributed by atoms with E-state index in [2.05, 4.69) is 5.32 Å². The Morgan fingerprint density at radius 3 is 2.53 bits per heavy atom. The first kappa shape index (κ1) is 14.8. The van der Waals surface area contributed by atoms with E-state index in [-0.39, 0.29) is 17.7 Å². The summed E-state index contributed by atoms with van der Waals surface area (Å²) in [5, 5.41) is 3.02. The highest BCUT2D eigenvalue weighted by Crippen LogP contribution is 2.23. The van der Waals surface area contributed by atoms with Gasteiger partial charge in [-0.1, -0.05) is 19.8 Å². The van der Waals surface area contributed by atoms with Gasteiger partial charge in [-0.15, -0.1) is 0 Å². The number of nitrogens with one attached hydrogen (secondary N) is 1. The first-order valence-electron chi connectivity index (χ1n) is 7.34. The van der Waals surface area contributed by atoms with E-state index in [1.54, 1.807) is 0 Å². The quantitative estimate of drug-likeness (QED) is 0.828. The molecule has 1 saturated heterocycles. The van der Waals surface area contributed by atoms with Crippen molar-refractivity contribution in [3.8, 4) is 0 Å². The van der Waals surface area contributed by atoms with E-state index in [0.717, 1.165) is 32.1 Å². The summed E-state index contributed by atoms with van der Waals surface area (Å²) in [6.07, 6.45) is 6.41. The summed E-state index contributed by atoms with van der Waals surface area (Å²) in [6.45, 7) is 2.34. The number of amides is 1. The maximum absolute atomic E-state index is 12.2. The van der Waals surface area contributed by atoms with Crippen molar-refractivity contribution in [2.24, 2.45) is 0 Å². The lowest BCUT2D eigenvalue weighted by Gasteiger charge is -2.24. The Labute approximate surface area is 115 Å². The summed E-state index contributed by atoms with van der Waals surface area (Å²) in [5.74, 6) is 0.0456. The fourth-order valence-electron chi connectivity index (χ4n) is 3.08. The molecule has 0 radical (unpaired) electrons. The zero-order valence-corrected chi connectivity index (χ0v) is 12.4. The van der Waals surface area contributed by atoms with Crippen molar-refractivity contribution in [2.75, 3.05) is 12.3 Å². The average Bonchev–Trinajstić information content (AvgIpc) is 2.98. The van der Waals surface area contributed by atoms with Crippen LogP contribution < -0.4 is 5.32 Å². The van der Waals surface area contributed by atoms with Crippen LogP contribution in [0.25, 0.3) is 0 Å². The van der Waals surface area contributed by atoms with Crippen LogP contribution in [0.2, 0.25) is 0 Å². The molecule has 19 heavy (non-hydrogen) atoms. The second kappa shape index (κ2) is 6.22. The van der Waals surface area contributed by atoms with Crippen LogP contribution in [0.3, 0.4) is 0 Å². The van der Waals surface area contributed by atoms with Crippen molar-refractivity contribution >= 4 is 15.9 Å². The monoisotopic (exact) mass is 288 g/mol. The Balaban J connectivity index is 1.99. The van der Waals surface area contributed by atoms with Gasteiger partial charge < -0.3 is 5.32 Å². The number of carbonyl (C=O) groups excluding carboxylic acids is 1. The van der Waals surface area contributed by atoms with Gasteiger partial charge in [-0.2, -0.15) is 4.31 Å². The van der Waals surface area contributed by atoms with Crippen LogP contribution in [0.4, 0.5) is 0 Å². The highest BCUT2D eigenvalue weighted by atomic mass is 32.2. The van der Waals surface area contributed by atoms with Crippen molar-refractivity contribution in [1.82, 2.24) is 9.62 Å². The molecule has 1 saturated carbocycles. The summed E-state index contributed by atoms with van der Waals surface area (Å²) in [4.78, 5) is 12.2. The minimum absolute atomic E-state index is 0.0934. The summed E-state index contributed by atoms with van der Waals surface area (Å²) < 4.78 is 25.7. The molecule has 0 aromatic carbocycles. The van der Waals surface area contributed by atoms with E-state index in [4.69, 9.17) is 0 Å². The summed E-state index contributed by atoms with van der Waals surface area (Å²) >= 11 is 0. The lowest BCUT2D eigenvalue weighted by atomic mass is 10.2. The third kappa shape index (κ3) is 3.48. The van der Waals surface area contributed by atoms with Gasteiger partial charge in [-0.25, -0.2) is 8.42 Å². The maximum Gasteiger partial charge on any atom is 0.238 e. The Morgan fingerprint density at radius 2 is 1.89 bits per heavy atom. The first-order chi connectivity index (χ1) is 9.04. The molecule has 1 heterocycles. The SMILES string of the molecule is CCCS(=O)(=O)N1CCC[C@H]1C(=O)NC1CCCC1. The van der Waals surface area contributed by atoms with Crippen LogP contribution >= 0.6 is 0 Å². The molecule has 1 amide bonds. The van der Waals surface area contributed by atoms with Crippen LogP contribution in [-0.2, 0) is 14.8 Å². The fraction of sp³-hybridized carbons (Fsp3) is 0.923. The fourth-order valence-corrected chi connectivity index (χ4v) is 4.82. The first-order valence-corrected chi connectivity index (χ1v) is 8.95. The van der Waals surface area contributed by atoms with Crippen molar-refractivity contribution in [1.29, 1.82) is 0 Å². The third-order valence-electron chi connectivity index (χ3n) is 4.03. The number of hydrogen-bond acceptors (Lipinski definition) is 3. The van der Waals surface area contributed by atoms with E-state index in [0.29, 0.717) is 19.4 Å². The molecule has 0 aromatic heterocycles. The van der Waals surface area contributed by atoms with Gasteiger partial charge in [-0.05, 0) is 32.1 Å². The normalized spacial score (nSPS) is 25.8. The van der Waals surface area contributed by atoms with Gasteiger partial charge in [0.1, 0.15) is 6.04 Å². The van der Waals surface area contributed by atoms with Crippen LogP contribution in [-0.4, -0.2) is 43.0 Å². The molecule has 2 aliphatic rings. The molecule has 1 N–H and O–H groups in total. The smallest absolute Gasteiger partial charge is 0.238 e. The van der Waals surface area contributed by atoms with Gasteiger partial charge in [0.05, 0.1) is 5.75 Å². The molecule has 1 atom stereocenters. The van der Waals surface area contributed by atoms with E-state index in [1.807, 2.05) is 6.92 Å². The Morgan fingerprint density at radius 1 is 1.21 bits per heavy atom. The molecule has 1 aliphatic carbocycles. The number of hydrogen-bond donors (Lipinski definition) is 1. The number of nitrogens with zero attached hydrogens (tertiary/aromatic N) is 1. The van der Waals surface area contributed by atoms with Crippen molar-refractivity contribution < 1.29 is 13.2 Å². The highest BCUT2D eigenvalue weighted by molar-refractivity contribution is 7.89. The van der Waals surface area contributed by atoms with E-state index < -0.39 is 16.1 Å². The molecule has 0 bridgehead atoms. The minimum atomic E-state index is -3.27. The van der Waals surface area contributed by atoms with E-state index in [1.165, 1.54) is 4.31 Å². The van der Waals surface area contributed by atoms with Gasteiger partial charge in [0, 0.05) is 12.6 Å². The highest BCUT2D eigenvalue weighted by Gasteiger charge is 2.38. The zero-order chi connectivity index (χ0) is 13.9. The van der Waals surface area contributed by atoms with Crippen LogP contribution in [0, 0.1) is 0 Å². The van der Waals surface area contributed by atoms with Crippen LogP contribution in [0.15, 0.2) is 0 Å². The maximum atomic E-state index is 12.2. The molecule has 0 aromatic rings. The topological polar surface area (TPSA) is 66.5 Å². The second-order valence-corrected chi connectivity index (χ2v) is 7.62. The lowest BCUT2D eigenvalue weighted by molar-refractivity contribution is -0.124. The largest absolute Gasteiger partial charge is 0.352 e.